The van der Waals surface area contributed by atoms with Gasteiger partial charge in [0.25, 0.3) is 5.91 Å². The lowest BCUT2D eigenvalue weighted by Crippen LogP contribution is -2.49. The molecule has 7 heteroatoms. The molecule has 23 heavy (non-hydrogen) atoms. The number of rotatable bonds is 8. The average molecular weight is 342 g/mol. The van der Waals surface area contributed by atoms with Crippen molar-refractivity contribution in [3.63, 3.8) is 0 Å². The third-order valence-corrected chi connectivity index (χ3v) is 4.61. The maximum absolute atomic E-state index is 12.4. The quantitative estimate of drug-likeness (QED) is 0.708. The second-order valence-corrected chi connectivity index (χ2v) is 8.04. The highest BCUT2D eigenvalue weighted by Crippen LogP contribution is 2.13. The summed E-state index contributed by atoms with van der Waals surface area (Å²) in [4.78, 5) is 17.4. The molecular formula is C16H26N2O4S. The van der Waals surface area contributed by atoms with E-state index in [0.29, 0.717) is 6.61 Å². The number of hydrogen-bond donors (Lipinski definition) is 2. The van der Waals surface area contributed by atoms with Gasteiger partial charge in [0.05, 0.1) is 11.5 Å². The smallest absolute Gasteiger partial charge is 0.261 e. The van der Waals surface area contributed by atoms with Gasteiger partial charge < -0.3 is 0 Å². The molecule has 1 amide bonds. The fourth-order valence-electron chi connectivity index (χ4n) is 1.79. The highest BCUT2D eigenvalue weighted by atomic mass is 32.2. The zero-order valence-corrected chi connectivity index (χ0v) is 15.1. The van der Waals surface area contributed by atoms with E-state index in [0.717, 1.165) is 5.56 Å². The molecule has 1 aromatic carbocycles. The summed E-state index contributed by atoms with van der Waals surface area (Å²) in [6.07, 6.45) is 0. The van der Waals surface area contributed by atoms with Crippen LogP contribution in [-0.4, -0.2) is 27.0 Å². The van der Waals surface area contributed by atoms with Crippen molar-refractivity contribution < 1.29 is 18.0 Å². The van der Waals surface area contributed by atoms with Gasteiger partial charge in [-0.3, -0.25) is 9.63 Å². The van der Waals surface area contributed by atoms with E-state index in [9.17, 15) is 13.2 Å². The Hall–Kier alpha value is -1.44. The van der Waals surface area contributed by atoms with Crippen molar-refractivity contribution in [1.82, 2.24) is 10.2 Å². The Kier molecular flexibility index (Phi) is 7.18. The van der Waals surface area contributed by atoms with Crippen molar-refractivity contribution in [1.29, 1.82) is 0 Å². The van der Waals surface area contributed by atoms with Crippen molar-refractivity contribution in [3.8, 4) is 0 Å². The molecule has 0 aliphatic heterocycles. The maximum Gasteiger partial charge on any atom is 0.261 e. The lowest BCUT2D eigenvalue weighted by atomic mass is 10.1. The molecule has 130 valence electrons. The number of sulfonamides is 1. The third kappa shape index (κ3) is 6.29. The molecule has 0 aliphatic rings. The molecule has 1 aromatic rings. The second kappa shape index (κ2) is 8.42. The summed E-state index contributed by atoms with van der Waals surface area (Å²) in [5.74, 6) is -0.466. The zero-order chi connectivity index (χ0) is 17.6. The first-order chi connectivity index (χ1) is 10.6. The van der Waals surface area contributed by atoms with Gasteiger partial charge in [0.15, 0.2) is 0 Å². The van der Waals surface area contributed by atoms with Crippen LogP contribution >= 0.6 is 0 Å². The summed E-state index contributed by atoms with van der Waals surface area (Å²) in [7, 11) is -3.77. The van der Waals surface area contributed by atoms with Gasteiger partial charge >= 0.3 is 0 Å². The highest BCUT2D eigenvalue weighted by Gasteiger charge is 2.28. The van der Waals surface area contributed by atoms with E-state index in [2.05, 4.69) is 10.2 Å². The van der Waals surface area contributed by atoms with E-state index >= 15 is 0 Å². The first-order valence-electron chi connectivity index (χ1n) is 7.64. The molecule has 6 nitrogen and oxygen atoms in total. The van der Waals surface area contributed by atoms with Crippen LogP contribution in [0.4, 0.5) is 0 Å². The van der Waals surface area contributed by atoms with Crippen LogP contribution in [0.3, 0.4) is 0 Å². The Labute approximate surface area is 138 Å². The van der Waals surface area contributed by atoms with Crippen LogP contribution in [-0.2, 0) is 19.7 Å². The number of hydrogen-bond acceptors (Lipinski definition) is 4. The van der Waals surface area contributed by atoms with Crippen LogP contribution < -0.4 is 10.2 Å². The molecule has 0 aliphatic carbocycles. The molecule has 0 radical (unpaired) electrons. The minimum atomic E-state index is -3.77. The SMILES string of the molecule is Cc1ccc(S(=O)(=O)NC(C(=O)NOCC(C)C)C(C)C)cc1. The molecule has 0 heterocycles. The van der Waals surface area contributed by atoms with Crippen LogP contribution in [0.1, 0.15) is 33.3 Å². The number of amides is 1. The minimum absolute atomic E-state index is 0.129. The zero-order valence-electron chi connectivity index (χ0n) is 14.3. The van der Waals surface area contributed by atoms with Crippen molar-refractivity contribution in [2.75, 3.05) is 6.61 Å². The third-order valence-electron chi connectivity index (χ3n) is 3.15. The summed E-state index contributed by atoms with van der Waals surface area (Å²) < 4.78 is 27.3. The van der Waals surface area contributed by atoms with Crippen molar-refractivity contribution in [2.45, 2.75) is 45.6 Å². The molecular weight excluding hydrogens is 316 g/mol. The summed E-state index contributed by atoms with van der Waals surface area (Å²) in [6.45, 7) is 9.68. The molecule has 1 atom stereocenters. The minimum Gasteiger partial charge on any atom is -0.273 e. The van der Waals surface area contributed by atoms with Crippen molar-refractivity contribution in [3.05, 3.63) is 29.8 Å². The average Bonchev–Trinajstić information content (AvgIpc) is 2.44. The molecule has 0 saturated carbocycles. The Bertz CT molecular complexity index is 609. The standard InChI is InChI=1S/C16H26N2O4S/c1-11(2)10-22-17-16(19)15(12(3)4)18-23(20,21)14-8-6-13(5)7-9-14/h6-9,11-12,15,18H,10H2,1-5H3,(H,17,19). The fraction of sp³-hybridized carbons (Fsp3) is 0.562. The molecule has 1 rings (SSSR count). The Morgan fingerprint density at radius 2 is 1.70 bits per heavy atom. The summed E-state index contributed by atoms with van der Waals surface area (Å²) in [6, 6.07) is 5.55. The van der Waals surface area contributed by atoms with Gasteiger partial charge in [0, 0.05) is 0 Å². The van der Waals surface area contributed by atoms with Gasteiger partial charge in [-0.1, -0.05) is 45.4 Å². The van der Waals surface area contributed by atoms with Gasteiger partial charge in [0.2, 0.25) is 10.0 Å². The highest BCUT2D eigenvalue weighted by molar-refractivity contribution is 7.89. The van der Waals surface area contributed by atoms with Crippen LogP contribution in [0.5, 0.6) is 0 Å². The topological polar surface area (TPSA) is 84.5 Å². The molecule has 0 fully saturated rings. The van der Waals surface area contributed by atoms with Gasteiger partial charge in [0.1, 0.15) is 6.04 Å². The van der Waals surface area contributed by atoms with E-state index < -0.39 is 22.0 Å². The van der Waals surface area contributed by atoms with Crippen molar-refractivity contribution >= 4 is 15.9 Å². The molecule has 0 aromatic heterocycles. The number of carbonyl (C=O) groups is 1. The summed E-state index contributed by atoms with van der Waals surface area (Å²) >= 11 is 0. The summed E-state index contributed by atoms with van der Waals surface area (Å²) in [5.41, 5.74) is 3.27. The first kappa shape index (κ1) is 19.6. The summed E-state index contributed by atoms with van der Waals surface area (Å²) in [5, 5.41) is 0. The lowest BCUT2D eigenvalue weighted by molar-refractivity contribution is -0.137. The lowest BCUT2D eigenvalue weighted by Gasteiger charge is -2.21. The van der Waals surface area contributed by atoms with Crippen LogP contribution in [0.15, 0.2) is 29.2 Å². The Balaban J connectivity index is 2.82. The van der Waals surface area contributed by atoms with Gasteiger partial charge in [-0.25, -0.2) is 13.9 Å². The number of carbonyl (C=O) groups excluding carboxylic acids is 1. The number of nitrogens with one attached hydrogen (secondary N) is 2. The van der Waals surface area contributed by atoms with E-state index in [1.54, 1.807) is 26.0 Å². The van der Waals surface area contributed by atoms with Gasteiger partial charge in [-0.15, -0.1) is 0 Å². The molecule has 0 bridgehead atoms. The Morgan fingerprint density at radius 3 is 2.17 bits per heavy atom. The van der Waals surface area contributed by atoms with E-state index in [4.69, 9.17) is 4.84 Å². The predicted octanol–water partition coefficient (Wildman–Crippen LogP) is 2.00. The van der Waals surface area contributed by atoms with E-state index in [1.807, 2.05) is 20.8 Å². The monoisotopic (exact) mass is 342 g/mol. The molecule has 0 spiro atoms. The van der Waals surface area contributed by atoms with Crippen molar-refractivity contribution in [2.24, 2.45) is 11.8 Å². The molecule has 0 saturated heterocycles. The van der Waals surface area contributed by atoms with Gasteiger partial charge in [-0.2, -0.15) is 4.72 Å². The molecule has 2 N–H and O–H groups in total. The first-order valence-corrected chi connectivity index (χ1v) is 9.12. The van der Waals surface area contributed by atoms with Crippen LogP contribution in [0, 0.1) is 18.8 Å². The van der Waals surface area contributed by atoms with E-state index in [-0.39, 0.29) is 16.7 Å². The fourth-order valence-corrected chi connectivity index (χ4v) is 3.13. The number of aryl methyl sites for hydroxylation is 1. The van der Waals surface area contributed by atoms with Crippen LogP contribution in [0.2, 0.25) is 0 Å². The normalized spacial score (nSPS) is 13.3. The van der Waals surface area contributed by atoms with E-state index in [1.165, 1.54) is 12.1 Å². The largest absolute Gasteiger partial charge is 0.273 e. The maximum atomic E-state index is 12.4. The van der Waals surface area contributed by atoms with Gasteiger partial charge in [-0.05, 0) is 30.9 Å². The molecule has 1 unspecified atom stereocenters. The Morgan fingerprint density at radius 1 is 1.13 bits per heavy atom. The van der Waals surface area contributed by atoms with Crippen LogP contribution in [0.25, 0.3) is 0 Å². The number of benzene rings is 1. The number of hydroxylamine groups is 1. The predicted molar refractivity (Wildman–Crippen MR) is 89.1 cm³/mol. The second-order valence-electron chi connectivity index (χ2n) is 6.33.